The zero-order chi connectivity index (χ0) is 15.6. The van der Waals surface area contributed by atoms with Crippen molar-refractivity contribution in [2.24, 2.45) is 0 Å². The molecule has 0 bridgehead atoms. The molecular weight excluding hydrogens is 267 g/mol. The Morgan fingerprint density at radius 1 is 1.57 bits per heavy atom. The molecule has 112 valence electrons. The predicted octanol–water partition coefficient (Wildman–Crippen LogP) is 3.00. The van der Waals surface area contributed by atoms with E-state index in [1.807, 2.05) is 18.0 Å². The molecule has 0 amide bonds. The van der Waals surface area contributed by atoms with Gasteiger partial charge in [0, 0.05) is 30.5 Å². The summed E-state index contributed by atoms with van der Waals surface area (Å²) < 4.78 is 13.7. The minimum absolute atomic E-state index is 0.233. The summed E-state index contributed by atoms with van der Waals surface area (Å²) in [6.07, 6.45) is 2.31. The molecule has 0 fully saturated rings. The monoisotopic (exact) mass is 288 g/mol. The zero-order valence-electron chi connectivity index (χ0n) is 12.6. The lowest BCUT2D eigenvalue weighted by atomic mass is 10.1. The summed E-state index contributed by atoms with van der Waals surface area (Å²) in [6.45, 7) is 10.2. The number of hydrogen-bond donors (Lipinski definition) is 1. The van der Waals surface area contributed by atoms with Crippen molar-refractivity contribution in [3.63, 3.8) is 0 Å². The van der Waals surface area contributed by atoms with Crippen LogP contribution in [0, 0.1) is 12.7 Å². The van der Waals surface area contributed by atoms with E-state index in [4.69, 9.17) is 0 Å². The lowest BCUT2D eigenvalue weighted by Crippen LogP contribution is -2.31. The van der Waals surface area contributed by atoms with Gasteiger partial charge in [-0.1, -0.05) is 19.2 Å². The van der Waals surface area contributed by atoms with Crippen molar-refractivity contribution in [3.8, 4) is 0 Å². The number of carbonyl (C=O) groups excluding carboxylic acids is 1. The van der Waals surface area contributed by atoms with Crippen molar-refractivity contribution < 1.29 is 9.18 Å². The standard InChI is InChI=1S/C17H21FN2O/c1-11-7-14-9-20(13(3)16(14)8-17(11)18)15(10-21)6-5-12(2)19-4/h7-8,10,15,19H,2-3,5-6,9H2,1,4H3. The van der Waals surface area contributed by atoms with E-state index in [1.54, 1.807) is 6.92 Å². The Morgan fingerprint density at radius 3 is 2.90 bits per heavy atom. The van der Waals surface area contributed by atoms with Gasteiger partial charge in [-0.25, -0.2) is 4.39 Å². The topological polar surface area (TPSA) is 32.3 Å². The Labute approximate surface area is 125 Å². The molecule has 2 rings (SSSR count). The number of carbonyl (C=O) groups is 1. The van der Waals surface area contributed by atoms with E-state index in [-0.39, 0.29) is 11.9 Å². The number of nitrogens with one attached hydrogen (secondary N) is 1. The van der Waals surface area contributed by atoms with Crippen LogP contribution >= 0.6 is 0 Å². The molecule has 1 heterocycles. The van der Waals surface area contributed by atoms with Crippen molar-refractivity contribution in [2.45, 2.75) is 32.4 Å². The molecule has 1 aromatic carbocycles. The first kappa shape index (κ1) is 15.3. The van der Waals surface area contributed by atoms with Gasteiger partial charge in [-0.05, 0) is 37.0 Å². The van der Waals surface area contributed by atoms with Gasteiger partial charge in [0.2, 0.25) is 0 Å². The average Bonchev–Trinajstić information content (AvgIpc) is 2.77. The fourth-order valence-corrected chi connectivity index (χ4v) is 2.64. The fourth-order valence-electron chi connectivity index (χ4n) is 2.64. The fraction of sp³-hybridized carbons (Fsp3) is 0.353. The van der Waals surface area contributed by atoms with Crippen LogP contribution in [0.15, 0.2) is 31.0 Å². The van der Waals surface area contributed by atoms with E-state index >= 15 is 0 Å². The highest BCUT2D eigenvalue weighted by Gasteiger charge is 2.28. The van der Waals surface area contributed by atoms with E-state index in [9.17, 15) is 9.18 Å². The van der Waals surface area contributed by atoms with Crippen LogP contribution in [0.3, 0.4) is 0 Å². The molecule has 1 aliphatic heterocycles. The van der Waals surface area contributed by atoms with Crippen molar-refractivity contribution in [1.29, 1.82) is 0 Å². The Hall–Kier alpha value is -2.10. The molecular formula is C17H21FN2O. The second kappa shape index (κ2) is 6.12. The van der Waals surface area contributed by atoms with Crippen LogP contribution in [0.4, 0.5) is 4.39 Å². The van der Waals surface area contributed by atoms with Crippen LogP contribution < -0.4 is 5.32 Å². The minimum atomic E-state index is -0.265. The normalized spacial score (nSPS) is 14.8. The van der Waals surface area contributed by atoms with Crippen LogP contribution in [0.2, 0.25) is 0 Å². The third-order valence-electron chi connectivity index (χ3n) is 4.04. The van der Waals surface area contributed by atoms with Crippen LogP contribution in [0.5, 0.6) is 0 Å². The predicted molar refractivity (Wildman–Crippen MR) is 83.0 cm³/mol. The summed E-state index contributed by atoms with van der Waals surface area (Å²) >= 11 is 0. The summed E-state index contributed by atoms with van der Waals surface area (Å²) in [5, 5.41) is 2.98. The largest absolute Gasteiger partial charge is 0.392 e. The zero-order valence-corrected chi connectivity index (χ0v) is 12.6. The quantitative estimate of drug-likeness (QED) is 0.817. The first-order chi connectivity index (χ1) is 9.97. The Morgan fingerprint density at radius 2 is 2.29 bits per heavy atom. The van der Waals surface area contributed by atoms with Crippen LogP contribution in [0.25, 0.3) is 5.70 Å². The number of hydrogen-bond acceptors (Lipinski definition) is 3. The maximum Gasteiger partial charge on any atom is 0.142 e. The molecule has 1 N–H and O–H groups in total. The van der Waals surface area contributed by atoms with Gasteiger partial charge in [0.05, 0.1) is 6.04 Å². The first-order valence-electron chi connectivity index (χ1n) is 7.03. The molecule has 3 nitrogen and oxygen atoms in total. The van der Waals surface area contributed by atoms with E-state index in [0.717, 1.165) is 28.8 Å². The van der Waals surface area contributed by atoms with Crippen LogP contribution in [-0.2, 0) is 11.3 Å². The highest BCUT2D eigenvalue weighted by Crippen LogP contribution is 2.35. The lowest BCUT2D eigenvalue weighted by Gasteiger charge is -2.26. The molecule has 1 atom stereocenters. The third kappa shape index (κ3) is 2.99. The molecule has 0 radical (unpaired) electrons. The molecule has 0 aromatic heterocycles. The number of aldehydes is 1. The first-order valence-corrected chi connectivity index (χ1v) is 7.03. The maximum atomic E-state index is 13.7. The second-order valence-electron chi connectivity index (χ2n) is 5.43. The second-order valence-corrected chi connectivity index (χ2v) is 5.43. The van der Waals surface area contributed by atoms with Gasteiger partial charge in [-0.2, -0.15) is 0 Å². The minimum Gasteiger partial charge on any atom is -0.392 e. The highest BCUT2D eigenvalue weighted by atomic mass is 19.1. The summed E-state index contributed by atoms with van der Waals surface area (Å²) in [5.74, 6) is -0.233. The maximum absolute atomic E-state index is 13.7. The van der Waals surface area contributed by atoms with Crippen molar-refractivity contribution in [1.82, 2.24) is 10.2 Å². The molecule has 1 aromatic rings. The molecule has 0 spiro atoms. The Bertz CT molecular complexity index is 595. The third-order valence-corrected chi connectivity index (χ3v) is 4.04. The van der Waals surface area contributed by atoms with Gasteiger partial charge in [-0.15, -0.1) is 0 Å². The van der Waals surface area contributed by atoms with Crippen molar-refractivity contribution >= 4 is 12.0 Å². The smallest absolute Gasteiger partial charge is 0.142 e. The van der Waals surface area contributed by atoms with Gasteiger partial charge in [0.1, 0.15) is 12.1 Å². The van der Waals surface area contributed by atoms with Crippen molar-refractivity contribution in [2.75, 3.05) is 7.05 Å². The van der Waals surface area contributed by atoms with Crippen LogP contribution in [0.1, 0.15) is 29.5 Å². The van der Waals surface area contributed by atoms with E-state index in [1.165, 1.54) is 6.07 Å². The molecule has 1 aliphatic rings. The van der Waals surface area contributed by atoms with Gasteiger partial charge >= 0.3 is 0 Å². The van der Waals surface area contributed by atoms with Gasteiger partial charge < -0.3 is 15.0 Å². The molecule has 0 saturated heterocycles. The number of fused-ring (bicyclic) bond motifs is 1. The van der Waals surface area contributed by atoms with Crippen molar-refractivity contribution in [3.05, 3.63) is 53.5 Å². The summed E-state index contributed by atoms with van der Waals surface area (Å²) in [4.78, 5) is 13.4. The average molecular weight is 288 g/mol. The number of benzene rings is 1. The Kier molecular flexibility index (Phi) is 4.46. The van der Waals surface area contributed by atoms with Crippen LogP contribution in [-0.4, -0.2) is 24.3 Å². The van der Waals surface area contributed by atoms with E-state index in [0.29, 0.717) is 24.9 Å². The summed E-state index contributed by atoms with van der Waals surface area (Å²) in [7, 11) is 1.81. The summed E-state index contributed by atoms with van der Waals surface area (Å²) in [5.41, 5.74) is 4.06. The molecule has 0 saturated carbocycles. The number of nitrogens with zero attached hydrogens (tertiary/aromatic N) is 1. The Balaban J connectivity index is 2.17. The van der Waals surface area contributed by atoms with E-state index < -0.39 is 0 Å². The van der Waals surface area contributed by atoms with Gasteiger partial charge in [0.15, 0.2) is 0 Å². The summed E-state index contributed by atoms with van der Waals surface area (Å²) in [6, 6.07) is 3.09. The number of aryl methyl sites for hydroxylation is 1. The number of rotatable bonds is 6. The number of halogens is 1. The lowest BCUT2D eigenvalue weighted by molar-refractivity contribution is -0.111. The van der Waals surface area contributed by atoms with Gasteiger partial charge in [0.25, 0.3) is 0 Å². The molecule has 21 heavy (non-hydrogen) atoms. The SMILES string of the molecule is C=C(CCC(C=O)N1Cc2cc(C)c(F)cc2C1=C)NC. The molecule has 1 unspecified atom stereocenters. The highest BCUT2D eigenvalue weighted by molar-refractivity contribution is 5.73. The number of allylic oxidation sites excluding steroid dienone is 1. The molecule has 4 heteroatoms. The van der Waals surface area contributed by atoms with Gasteiger partial charge in [-0.3, -0.25) is 0 Å². The molecule has 0 aliphatic carbocycles. The van der Waals surface area contributed by atoms with E-state index in [2.05, 4.69) is 18.5 Å².